The van der Waals surface area contributed by atoms with Crippen molar-refractivity contribution in [3.63, 3.8) is 0 Å². The number of rotatable bonds is 4. The van der Waals surface area contributed by atoms with Crippen molar-refractivity contribution in [2.75, 3.05) is 19.8 Å². The third-order valence-corrected chi connectivity index (χ3v) is 3.86. The Morgan fingerprint density at radius 3 is 2.68 bits per heavy atom. The predicted octanol–water partition coefficient (Wildman–Crippen LogP) is -1.02. The third-order valence-electron chi connectivity index (χ3n) is 2.60. The molecule has 1 heterocycles. The highest BCUT2D eigenvalue weighted by Crippen LogP contribution is 2.05. The minimum Gasteiger partial charge on any atom is -0.378 e. The van der Waals surface area contributed by atoms with Gasteiger partial charge in [0, 0.05) is 6.54 Å². The Hall–Kier alpha value is -1.48. The largest absolute Gasteiger partial charge is 0.378 e. The van der Waals surface area contributed by atoms with Gasteiger partial charge in [-0.05, 0) is 12.1 Å². The third kappa shape index (κ3) is 3.74. The molecule has 8 heteroatoms. The van der Waals surface area contributed by atoms with E-state index in [1.54, 1.807) is 18.2 Å². The van der Waals surface area contributed by atoms with Crippen molar-refractivity contribution in [1.29, 1.82) is 0 Å². The molecular formula is C11H15N3O4S. The summed E-state index contributed by atoms with van der Waals surface area (Å²) in [7, 11) is -3.74. The minimum atomic E-state index is -3.74. The van der Waals surface area contributed by atoms with Gasteiger partial charge in [-0.15, -0.1) is 4.83 Å². The number of morpholine rings is 1. The van der Waals surface area contributed by atoms with Crippen LogP contribution < -0.4 is 15.6 Å². The molecule has 1 saturated heterocycles. The Balaban J connectivity index is 1.93. The van der Waals surface area contributed by atoms with E-state index in [1.807, 2.05) is 4.83 Å². The van der Waals surface area contributed by atoms with Crippen molar-refractivity contribution in [2.24, 2.45) is 0 Å². The van der Waals surface area contributed by atoms with Gasteiger partial charge in [0.05, 0.1) is 18.1 Å². The van der Waals surface area contributed by atoms with E-state index in [9.17, 15) is 13.2 Å². The predicted molar refractivity (Wildman–Crippen MR) is 67.5 cm³/mol. The molecule has 0 bridgehead atoms. The van der Waals surface area contributed by atoms with Gasteiger partial charge in [0.2, 0.25) is 0 Å². The highest BCUT2D eigenvalue weighted by molar-refractivity contribution is 7.89. The van der Waals surface area contributed by atoms with Gasteiger partial charge < -0.3 is 10.1 Å². The molecular weight excluding hydrogens is 270 g/mol. The Kier molecular flexibility index (Phi) is 4.48. The van der Waals surface area contributed by atoms with Gasteiger partial charge in [0.1, 0.15) is 6.04 Å². The van der Waals surface area contributed by atoms with Gasteiger partial charge in [0.15, 0.2) is 0 Å². The zero-order chi connectivity index (χ0) is 13.7. The van der Waals surface area contributed by atoms with E-state index in [4.69, 9.17) is 4.74 Å². The lowest BCUT2D eigenvalue weighted by Crippen LogP contribution is -2.55. The molecule has 1 aliphatic heterocycles. The first kappa shape index (κ1) is 13.9. The van der Waals surface area contributed by atoms with Crippen LogP contribution in [0.25, 0.3) is 0 Å². The monoisotopic (exact) mass is 285 g/mol. The number of ether oxygens (including phenoxy) is 1. The Labute approximate surface area is 111 Å². The lowest BCUT2D eigenvalue weighted by atomic mass is 10.3. The second kappa shape index (κ2) is 6.11. The molecule has 2 rings (SSSR count). The Morgan fingerprint density at radius 1 is 1.32 bits per heavy atom. The smallest absolute Gasteiger partial charge is 0.257 e. The van der Waals surface area contributed by atoms with Gasteiger partial charge in [0.25, 0.3) is 15.9 Å². The summed E-state index contributed by atoms with van der Waals surface area (Å²) < 4.78 is 28.8. The molecule has 0 aliphatic carbocycles. The first-order chi connectivity index (χ1) is 9.09. The summed E-state index contributed by atoms with van der Waals surface area (Å²) in [5, 5.41) is 2.92. The highest BCUT2D eigenvalue weighted by Gasteiger charge is 2.22. The standard InChI is InChI=1S/C11H15N3O4S/c15-11(10-8-18-7-6-12-10)13-14-19(16,17)9-4-2-1-3-5-9/h1-5,10,12,14H,6-8H2,(H,13,15)/t10-/m1/s1. The molecule has 1 aromatic rings. The van der Waals surface area contributed by atoms with Crippen LogP contribution in [0.2, 0.25) is 0 Å². The van der Waals surface area contributed by atoms with E-state index in [2.05, 4.69) is 10.7 Å². The fraction of sp³-hybridized carbons (Fsp3) is 0.364. The van der Waals surface area contributed by atoms with E-state index < -0.39 is 22.0 Å². The molecule has 3 N–H and O–H groups in total. The summed E-state index contributed by atoms with van der Waals surface area (Å²) in [5.41, 5.74) is 2.17. The van der Waals surface area contributed by atoms with Gasteiger partial charge in [-0.2, -0.15) is 0 Å². The van der Waals surface area contributed by atoms with Crippen LogP contribution in [0, 0.1) is 0 Å². The van der Waals surface area contributed by atoms with E-state index >= 15 is 0 Å². The molecule has 0 radical (unpaired) electrons. The van der Waals surface area contributed by atoms with Crippen molar-refractivity contribution >= 4 is 15.9 Å². The second-order valence-corrected chi connectivity index (χ2v) is 5.67. The number of hydrogen-bond acceptors (Lipinski definition) is 5. The lowest BCUT2D eigenvalue weighted by molar-refractivity contribution is -0.126. The van der Waals surface area contributed by atoms with Crippen molar-refractivity contribution in [2.45, 2.75) is 10.9 Å². The Bertz CT molecular complexity index is 526. The van der Waals surface area contributed by atoms with E-state index in [0.717, 1.165) is 0 Å². The summed E-state index contributed by atoms with van der Waals surface area (Å²) >= 11 is 0. The number of carbonyl (C=O) groups excluding carboxylic acids is 1. The maximum atomic E-state index is 11.8. The molecule has 104 valence electrons. The normalized spacial score (nSPS) is 19.9. The van der Waals surface area contributed by atoms with Crippen LogP contribution in [0.15, 0.2) is 35.2 Å². The topological polar surface area (TPSA) is 96.5 Å². The fourth-order valence-electron chi connectivity index (χ4n) is 1.60. The van der Waals surface area contributed by atoms with Gasteiger partial charge in [-0.3, -0.25) is 10.2 Å². The minimum absolute atomic E-state index is 0.0863. The lowest BCUT2D eigenvalue weighted by Gasteiger charge is -2.22. The molecule has 1 aliphatic rings. The van der Waals surface area contributed by atoms with Crippen molar-refractivity contribution in [3.8, 4) is 0 Å². The Morgan fingerprint density at radius 2 is 2.05 bits per heavy atom. The number of hydrazine groups is 1. The summed E-state index contributed by atoms with van der Waals surface area (Å²) in [5.74, 6) is -0.473. The van der Waals surface area contributed by atoms with Crippen LogP contribution in [0.4, 0.5) is 0 Å². The zero-order valence-electron chi connectivity index (χ0n) is 10.1. The van der Waals surface area contributed by atoms with Crippen LogP contribution in [0.3, 0.4) is 0 Å². The van der Waals surface area contributed by atoms with Gasteiger partial charge in [-0.25, -0.2) is 8.42 Å². The van der Waals surface area contributed by atoms with E-state index in [0.29, 0.717) is 13.2 Å². The first-order valence-electron chi connectivity index (χ1n) is 5.77. The fourth-order valence-corrected chi connectivity index (χ4v) is 2.47. The van der Waals surface area contributed by atoms with Crippen molar-refractivity contribution < 1.29 is 17.9 Å². The molecule has 19 heavy (non-hydrogen) atoms. The molecule has 0 unspecified atom stereocenters. The van der Waals surface area contributed by atoms with E-state index in [1.165, 1.54) is 12.1 Å². The maximum absolute atomic E-state index is 11.8. The van der Waals surface area contributed by atoms with Gasteiger partial charge in [-0.1, -0.05) is 18.2 Å². The van der Waals surface area contributed by atoms with Crippen LogP contribution in [0.5, 0.6) is 0 Å². The quantitative estimate of drug-likeness (QED) is 0.616. The molecule has 7 nitrogen and oxygen atoms in total. The zero-order valence-corrected chi connectivity index (χ0v) is 10.9. The second-order valence-electron chi connectivity index (χ2n) is 3.99. The van der Waals surface area contributed by atoms with Crippen LogP contribution >= 0.6 is 0 Å². The number of hydrogen-bond donors (Lipinski definition) is 3. The summed E-state index contributed by atoms with van der Waals surface area (Å²) in [4.78, 5) is 13.8. The van der Waals surface area contributed by atoms with Crippen molar-refractivity contribution in [3.05, 3.63) is 30.3 Å². The molecule has 1 aromatic carbocycles. The summed E-state index contributed by atoms with van der Waals surface area (Å²) in [6, 6.07) is 7.25. The first-order valence-corrected chi connectivity index (χ1v) is 7.26. The van der Waals surface area contributed by atoms with Crippen molar-refractivity contribution in [1.82, 2.24) is 15.6 Å². The maximum Gasteiger partial charge on any atom is 0.257 e. The molecule has 0 aromatic heterocycles. The van der Waals surface area contributed by atoms with Gasteiger partial charge >= 0.3 is 0 Å². The molecule has 1 atom stereocenters. The SMILES string of the molecule is O=C(NNS(=O)(=O)c1ccccc1)[C@H]1COCCN1. The molecule has 0 spiro atoms. The van der Waals surface area contributed by atoms with Crippen LogP contribution in [-0.4, -0.2) is 40.1 Å². The molecule has 1 fully saturated rings. The van der Waals surface area contributed by atoms with Crippen LogP contribution in [-0.2, 0) is 19.6 Å². The molecule has 1 amide bonds. The van der Waals surface area contributed by atoms with E-state index in [-0.39, 0.29) is 11.5 Å². The number of amides is 1. The number of nitrogens with one attached hydrogen (secondary N) is 3. The number of carbonyl (C=O) groups is 1. The summed E-state index contributed by atoms with van der Waals surface area (Å²) in [6.45, 7) is 1.32. The average Bonchev–Trinajstić information content (AvgIpc) is 2.47. The number of benzene rings is 1. The summed E-state index contributed by atoms with van der Waals surface area (Å²) in [6.07, 6.45) is 0. The van der Waals surface area contributed by atoms with Crippen LogP contribution in [0.1, 0.15) is 0 Å². The average molecular weight is 285 g/mol. The molecule has 0 saturated carbocycles. The number of sulfonamides is 1. The highest BCUT2D eigenvalue weighted by atomic mass is 32.2.